The largest absolute Gasteiger partial charge is 0.396 e. The van der Waals surface area contributed by atoms with Crippen LogP contribution in [0.4, 0.5) is 0 Å². The molecular formula is C11H19NO3. The Hall–Kier alpha value is -0.900. The van der Waals surface area contributed by atoms with Crippen molar-refractivity contribution in [2.24, 2.45) is 11.3 Å². The summed E-state index contributed by atoms with van der Waals surface area (Å²) in [5.41, 5.74) is -0.546. The zero-order valence-corrected chi connectivity index (χ0v) is 9.62. The molecule has 0 aromatic carbocycles. The number of nitrogens with zero attached hydrogens (tertiary/aromatic N) is 1. The van der Waals surface area contributed by atoms with E-state index >= 15 is 0 Å². The summed E-state index contributed by atoms with van der Waals surface area (Å²) >= 11 is 0. The lowest BCUT2D eigenvalue weighted by Crippen LogP contribution is -2.36. The maximum absolute atomic E-state index is 11.8. The fourth-order valence-corrected chi connectivity index (χ4v) is 1.84. The summed E-state index contributed by atoms with van der Waals surface area (Å²) in [5, 5.41) is 8.76. The van der Waals surface area contributed by atoms with Crippen LogP contribution in [0.15, 0.2) is 0 Å². The first-order chi connectivity index (χ1) is 6.88. The van der Waals surface area contributed by atoms with Gasteiger partial charge in [0.15, 0.2) is 0 Å². The van der Waals surface area contributed by atoms with Crippen LogP contribution in [0.25, 0.3) is 0 Å². The van der Waals surface area contributed by atoms with Gasteiger partial charge in [-0.05, 0) is 12.3 Å². The average Bonchev–Trinajstić information content (AvgIpc) is 2.28. The summed E-state index contributed by atoms with van der Waals surface area (Å²) in [6.45, 7) is 6.05. The van der Waals surface area contributed by atoms with E-state index in [9.17, 15) is 9.59 Å². The Kier molecular flexibility index (Phi) is 3.50. The van der Waals surface area contributed by atoms with E-state index in [0.717, 1.165) is 0 Å². The Morgan fingerprint density at radius 1 is 1.47 bits per heavy atom. The molecule has 0 aliphatic carbocycles. The van der Waals surface area contributed by atoms with Crippen molar-refractivity contribution in [3.8, 4) is 0 Å². The smallest absolute Gasteiger partial charge is 0.235 e. The van der Waals surface area contributed by atoms with E-state index in [0.29, 0.717) is 19.4 Å². The summed E-state index contributed by atoms with van der Waals surface area (Å²) < 4.78 is 0. The van der Waals surface area contributed by atoms with Gasteiger partial charge in [-0.1, -0.05) is 20.8 Å². The van der Waals surface area contributed by atoms with Gasteiger partial charge in [0.2, 0.25) is 11.8 Å². The Labute approximate surface area is 90.3 Å². The van der Waals surface area contributed by atoms with Crippen LogP contribution in [-0.2, 0) is 9.59 Å². The van der Waals surface area contributed by atoms with Crippen LogP contribution in [0.1, 0.15) is 33.6 Å². The van der Waals surface area contributed by atoms with Gasteiger partial charge in [0.25, 0.3) is 0 Å². The molecule has 15 heavy (non-hydrogen) atoms. The lowest BCUT2D eigenvalue weighted by Gasteiger charge is -2.20. The molecule has 0 spiro atoms. The number of carbonyl (C=O) groups is 2. The molecule has 4 heteroatoms. The lowest BCUT2D eigenvalue weighted by atomic mass is 9.92. The number of rotatable bonds is 4. The molecule has 1 unspecified atom stereocenters. The quantitative estimate of drug-likeness (QED) is 0.702. The molecule has 1 saturated heterocycles. The number of hydrogen-bond acceptors (Lipinski definition) is 3. The molecule has 1 aliphatic heterocycles. The molecule has 86 valence electrons. The molecule has 2 amide bonds. The first-order valence-corrected chi connectivity index (χ1v) is 5.34. The molecule has 0 bridgehead atoms. The van der Waals surface area contributed by atoms with Crippen LogP contribution in [0.3, 0.4) is 0 Å². The Bertz CT molecular complexity index is 273. The zero-order chi connectivity index (χ0) is 11.6. The minimum Gasteiger partial charge on any atom is -0.396 e. The van der Waals surface area contributed by atoms with Crippen LogP contribution in [0.2, 0.25) is 0 Å². The van der Waals surface area contributed by atoms with Crippen LogP contribution >= 0.6 is 0 Å². The molecule has 1 heterocycles. The van der Waals surface area contributed by atoms with E-state index in [4.69, 9.17) is 5.11 Å². The third-order valence-electron chi connectivity index (χ3n) is 2.83. The number of likely N-dealkylation sites (tertiary alicyclic amines) is 1. The van der Waals surface area contributed by atoms with E-state index in [1.807, 2.05) is 6.92 Å². The third kappa shape index (κ3) is 2.56. The first-order valence-electron chi connectivity index (χ1n) is 5.34. The van der Waals surface area contributed by atoms with E-state index < -0.39 is 5.41 Å². The molecule has 4 nitrogen and oxygen atoms in total. The van der Waals surface area contributed by atoms with Crippen LogP contribution in [0.5, 0.6) is 0 Å². The standard InChI is InChI=1S/C11H19NO3/c1-8(4-5-13)7-12-9(14)6-11(2,3)10(12)15/h8,13H,4-7H2,1-3H3. The normalized spacial score (nSPS) is 22.3. The highest BCUT2D eigenvalue weighted by molar-refractivity contribution is 6.05. The highest BCUT2D eigenvalue weighted by atomic mass is 16.3. The van der Waals surface area contributed by atoms with E-state index in [1.54, 1.807) is 13.8 Å². The Balaban J connectivity index is 2.63. The van der Waals surface area contributed by atoms with Gasteiger partial charge in [-0.3, -0.25) is 14.5 Å². The number of hydrogen-bond donors (Lipinski definition) is 1. The fraction of sp³-hybridized carbons (Fsp3) is 0.818. The maximum atomic E-state index is 11.8. The number of carbonyl (C=O) groups excluding carboxylic acids is 2. The first kappa shape index (κ1) is 12.2. The van der Waals surface area contributed by atoms with E-state index in [-0.39, 0.29) is 24.3 Å². The molecule has 0 aromatic heterocycles. The highest BCUT2D eigenvalue weighted by Gasteiger charge is 2.44. The monoisotopic (exact) mass is 213 g/mol. The summed E-state index contributed by atoms with van der Waals surface area (Å²) in [6, 6.07) is 0. The SMILES string of the molecule is CC(CCO)CN1C(=O)CC(C)(C)C1=O. The van der Waals surface area contributed by atoms with Crippen molar-refractivity contribution in [1.82, 2.24) is 4.90 Å². The van der Waals surface area contributed by atoms with Gasteiger partial charge < -0.3 is 5.11 Å². The number of amides is 2. The van der Waals surface area contributed by atoms with Crippen molar-refractivity contribution in [3.63, 3.8) is 0 Å². The second kappa shape index (κ2) is 4.31. The van der Waals surface area contributed by atoms with Crippen molar-refractivity contribution in [2.75, 3.05) is 13.2 Å². The highest BCUT2D eigenvalue weighted by Crippen LogP contribution is 2.32. The average molecular weight is 213 g/mol. The van der Waals surface area contributed by atoms with Crippen LogP contribution in [0, 0.1) is 11.3 Å². The number of imide groups is 1. The minimum atomic E-state index is -0.546. The second-order valence-corrected chi connectivity index (χ2v) is 4.99. The topological polar surface area (TPSA) is 57.6 Å². The van der Waals surface area contributed by atoms with Gasteiger partial charge in [-0.25, -0.2) is 0 Å². The Morgan fingerprint density at radius 3 is 2.47 bits per heavy atom. The molecule has 1 atom stereocenters. The molecule has 1 fully saturated rings. The molecule has 0 radical (unpaired) electrons. The minimum absolute atomic E-state index is 0.0858. The number of aliphatic hydroxyl groups is 1. The summed E-state index contributed by atoms with van der Waals surface area (Å²) in [6.07, 6.45) is 0.926. The van der Waals surface area contributed by atoms with Gasteiger partial charge in [0.1, 0.15) is 0 Å². The number of aliphatic hydroxyl groups excluding tert-OH is 1. The van der Waals surface area contributed by atoms with Gasteiger partial charge >= 0.3 is 0 Å². The van der Waals surface area contributed by atoms with Crippen molar-refractivity contribution < 1.29 is 14.7 Å². The fourth-order valence-electron chi connectivity index (χ4n) is 1.84. The summed E-state index contributed by atoms with van der Waals surface area (Å²) in [4.78, 5) is 24.7. The van der Waals surface area contributed by atoms with Crippen LogP contribution in [-0.4, -0.2) is 35.0 Å². The summed E-state index contributed by atoms with van der Waals surface area (Å²) in [5.74, 6) is -0.0103. The zero-order valence-electron chi connectivity index (χ0n) is 9.62. The van der Waals surface area contributed by atoms with Crippen LogP contribution < -0.4 is 0 Å². The lowest BCUT2D eigenvalue weighted by molar-refractivity contribution is -0.141. The van der Waals surface area contributed by atoms with Crippen molar-refractivity contribution in [1.29, 1.82) is 0 Å². The van der Waals surface area contributed by atoms with Gasteiger partial charge in [0.05, 0.1) is 5.41 Å². The molecule has 1 N–H and O–H groups in total. The second-order valence-electron chi connectivity index (χ2n) is 4.99. The molecule has 0 aromatic rings. The molecular weight excluding hydrogens is 194 g/mol. The van der Waals surface area contributed by atoms with Crippen molar-refractivity contribution in [2.45, 2.75) is 33.6 Å². The molecule has 1 aliphatic rings. The molecule has 0 saturated carbocycles. The van der Waals surface area contributed by atoms with Gasteiger partial charge in [-0.15, -0.1) is 0 Å². The third-order valence-corrected chi connectivity index (χ3v) is 2.83. The maximum Gasteiger partial charge on any atom is 0.235 e. The summed E-state index contributed by atoms with van der Waals surface area (Å²) in [7, 11) is 0. The molecule has 1 rings (SSSR count). The predicted molar refractivity (Wildman–Crippen MR) is 56.0 cm³/mol. The van der Waals surface area contributed by atoms with E-state index in [2.05, 4.69) is 0 Å². The van der Waals surface area contributed by atoms with Crippen molar-refractivity contribution >= 4 is 11.8 Å². The predicted octanol–water partition coefficient (Wildman–Crippen LogP) is 0.790. The van der Waals surface area contributed by atoms with Crippen molar-refractivity contribution in [3.05, 3.63) is 0 Å². The Morgan fingerprint density at radius 2 is 2.07 bits per heavy atom. The van der Waals surface area contributed by atoms with Gasteiger partial charge in [0, 0.05) is 19.6 Å². The van der Waals surface area contributed by atoms with Gasteiger partial charge in [-0.2, -0.15) is 0 Å². The van der Waals surface area contributed by atoms with E-state index in [1.165, 1.54) is 4.90 Å².